The molecule has 4 N–H and O–H groups in total. The van der Waals surface area contributed by atoms with Gasteiger partial charge in [0, 0.05) is 17.7 Å². The molecule has 2 rings (SSSR count). The number of hydrogen-bond donors (Lipinski definition) is 3. The maximum atomic E-state index is 12.1. The Hall–Kier alpha value is -3.15. The number of amides is 3. The number of carbonyl (C=O) groups excluding carboxylic acids is 3. The Labute approximate surface area is 146 Å². The lowest BCUT2D eigenvalue weighted by Crippen LogP contribution is -2.36. The molecule has 0 aliphatic rings. The van der Waals surface area contributed by atoms with Crippen molar-refractivity contribution >= 4 is 17.7 Å². The molecule has 0 aliphatic heterocycles. The van der Waals surface area contributed by atoms with Crippen molar-refractivity contribution in [2.75, 3.05) is 6.54 Å². The first-order chi connectivity index (χ1) is 11.8. The van der Waals surface area contributed by atoms with Crippen molar-refractivity contribution in [3.63, 3.8) is 0 Å². The molecule has 0 radical (unpaired) electrons. The third-order valence-electron chi connectivity index (χ3n) is 3.59. The monoisotopic (exact) mass is 339 g/mol. The van der Waals surface area contributed by atoms with Crippen LogP contribution in [0.3, 0.4) is 0 Å². The molecule has 3 amide bonds. The summed E-state index contributed by atoms with van der Waals surface area (Å²) < 4.78 is 0. The number of aryl methyl sites for hydroxylation is 2. The third kappa shape index (κ3) is 5.46. The zero-order chi connectivity index (χ0) is 18.4. The van der Waals surface area contributed by atoms with Gasteiger partial charge in [-0.15, -0.1) is 0 Å². The molecule has 0 aromatic heterocycles. The highest BCUT2D eigenvalue weighted by atomic mass is 16.2. The lowest BCUT2D eigenvalue weighted by molar-refractivity contribution is -0.120. The minimum atomic E-state index is -0.520. The largest absolute Gasteiger partial charge is 0.366 e. The maximum absolute atomic E-state index is 12.1. The van der Waals surface area contributed by atoms with Gasteiger partial charge < -0.3 is 16.4 Å². The predicted molar refractivity (Wildman–Crippen MR) is 95.1 cm³/mol. The quantitative estimate of drug-likeness (QED) is 0.742. The molecule has 0 atom stereocenters. The number of nitrogens with one attached hydrogen (secondary N) is 2. The highest BCUT2D eigenvalue weighted by Crippen LogP contribution is 2.08. The van der Waals surface area contributed by atoms with E-state index in [-0.39, 0.29) is 24.9 Å². The summed E-state index contributed by atoms with van der Waals surface area (Å²) >= 11 is 0. The van der Waals surface area contributed by atoms with E-state index in [4.69, 9.17) is 5.73 Å². The normalized spacial score (nSPS) is 10.2. The van der Waals surface area contributed by atoms with Crippen LogP contribution < -0.4 is 16.4 Å². The van der Waals surface area contributed by atoms with Crippen molar-refractivity contribution in [2.24, 2.45) is 5.73 Å². The van der Waals surface area contributed by atoms with Gasteiger partial charge in [-0.05, 0) is 43.7 Å². The second kappa shape index (κ2) is 8.10. The van der Waals surface area contributed by atoms with E-state index in [9.17, 15) is 14.4 Å². The molecule has 2 aromatic rings. The second-order valence-corrected chi connectivity index (χ2v) is 5.90. The van der Waals surface area contributed by atoms with E-state index in [1.165, 1.54) is 0 Å². The number of hydrogen-bond acceptors (Lipinski definition) is 3. The van der Waals surface area contributed by atoms with Gasteiger partial charge in [-0.3, -0.25) is 14.4 Å². The molecular weight excluding hydrogens is 318 g/mol. The molecule has 0 aliphatic carbocycles. The van der Waals surface area contributed by atoms with Crippen LogP contribution in [-0.2, 0) is 11.3 Å². The van der Waals surface area contributed by atoms with E-state index in [0.717, 1.165) is 16.7 Å². The first-order valence-corrected chi connectivity index (χ1v) is 7.87. The fraction of sp³-hybridized carbons (Fsp3) is 0.211. The van der Waals surface area contributed by atoms with E-state index in [2.05, 4.69) is 10.6 Å². The SMILES string of the molecule is Cc1cc(C)cc(C(=O)NCC(=O)NCc2cccc(C(N)=O)c2)c1. The zero-order valence-corrected chi connectivity index (χ0v) is 14.3. The van der Waals surface area contributed by atoms with E-state index >= 15 is 0 Å². The summed E-state index contributed by atoms with van der Waals surface area (Å²) in [5.74, 6) is -1.13. The van der Waals surface area contributed by atoms with Crippen LogP contribution >= 0.6 is 0 Å². The molecule has 6 heteroatoms. The topological polar surface area (TPSA) is 101 Å². The number of rotatable bonds is 6. The Kier molecular flexibility index (Phi) is 5.89. The summed E-state index contributed by atoms with van der Waals surface area (Å²) in [4.78, 5) is 35.1. The molecule has 0 bridgehead atoms. The summed E-state index contributed by atoms with van der Waals surface area (Å²) in [6.07, 6.45) is 0. The Bertz CT molecular complexity index is 795. The van der Waals surface area contributed by atoms with Gasteiger partial charge in [0.05, 0.1) is 6.54 Å². The molecule has 2 aromatic carbocycles. The van der Waals surface area contributed by atoms with Gasteiger partial charge in [-0.1, -0.05) is 29.3 Å². The van der Waals surface area contributed by atoms with Crippen molar-refractivity contribution in [1.29, 1.82) is 0 Å². The van der Waals surface area contributed by atoms with E-state index in [1.54, 1.807) is 36.4 Å². The Balaban J connectivity index is 1.85. The van der Waals surface area contributed by atoms with Crippen molar-refractivity contribution in [2.45, 2.75) is 20.4 Å². The lowest BCUT2D eigenvalue weighted by atomic mass is 10.1. The average Bonchev–Trinajstić information content (AvgIpc) is 2.57. The van der Waals surface area contributed by atoms with Crippen LogP contribution in [0.5, 0.6) is 0 Å². The molecular formula is C19H21N3O3. The highest BCUT2D eigenvalue weighted by Gasteiger charge is 2.09. The first-order valence-electron chi connectivity index (χ1n) is 7.87. The summed E-state index contributed by atoms with van der Waals surface area (Å²) in [5, 5.41) is 5.28. The van der Waals surface area contributed by atoms with Gasteiger partial charge >= 0.3 is 0 Å². The van der Waals surface area contributed by atoms with Gasteiger partial charge in [0.15, 0.2) is 0 Å². The fourth-order valence-corrected chi connectivity index (χ4v) is 2.47. The minimum Gasteiger partial charge on any atom is -0.366 e. The van der Waals surface area contributed by atoms with Gasteiger partial charge in [-0.25, -0.2) is 0 Å². The van der Waals surface area contributed by atoms with Gasteiger partial charge in [-0.2, -0.15) is 0 Å². The van der Waals surface area contributed by atoms with Gasteiger partial charge in [0.25, 0.3) is 5.91 Å². The van der Waals surface area contributed by atoms with Crippen LogP contribution in [0, 0.1) is 13.8 Å². The van der Waals surface area contributed by atoms with Crippen molar-refractivity contribution in [3.8, 4) is 0 Å². The average molecular weight is 339 g/mol. The molecule has 130 valence electrons. The molecule has 0 saturated heterocycles. The Morgan fingerprint density at radius 2 is 1.60 bits per heavy atom. The van der Waals surface area contributed by atoms with Crippen LogP contribution in [0.25, 0.3) is 0 Å². The highest BCUT2D eigenvalue weighted by molar-refractivity contribution is 5.96. The standard InChI is InChI=1S/C19H21N3O3/c1-12-6-13(2)8-16(7-12)19(25)22-11-17(23)21-10-14-4-3-5-15(9-14)18(20)24/h3-9H,10-11H2,1-2H3,(H2,20,24)(H,21,23)(H,22,25). The van der Waals surface area contributed by atoms with Crippen LogP contribution in [0.4, 0.5) is 0 Å². The molecule has 0 spiro atoms. The number of carbonyl (C=O) groups is 3. The van der Waals surface area contributed by atoms with E-state index < -0.39 is 5.91 Å². The van der Waals surface area contributed by atoms with Gasteiger partial charge in [0.1, 0.15) is 0 Å². The van der Waals surface area contributed by atoms with Crippen LogP contribution in [0.15, 0.2) is 42.5 Å². The summed E-state index contributed by atoms with van der Waals surface area (Å²) in [5.41, 5.74) is 8.87. The molecule has 0 unspecified atom stereocenters. The number of benzene rings is 2. The van der Waals surface area contributed by atoms with E-state index in [1.807, 2.05) is 19.9 Å². The Morgan fingerprint density at radius 3 is 2.24 bits per heavy atom. The number of primary amides is 1. The fourth-order valence-electron chi connectivity index (χ4n) is 2.47. The first kappa shape index (κ1) is 18.2. The van der Waals surface area contributed by atoms with Crippen LogP contribution in [-0.4, -0.2) is 24.3 Å². The van der Waals surface area contributed by atoms with Crippen LogP contribution in [0.2, 0.25) is 0 Å². The second-order valence-electron chi connectivity index (χ2n) is 5.90. The summed E-state index contributed by atoms with van der Waals surface area (Å²) in [6.45, 7) is 3.95. The third-order valence-corrected chi connectivity index (χ3v) is 3.59. The minimum absolute atomic E-state index is 0.124. The smallest absolute Gasteiger partial charge is 0.251 e. The molecule has 0 fully saturated rings. The van der Waals surface area contributed by atoms with Gasteiger partial charge in [0.2, 0.25) is 11.8 Å². The van der Waals surface area contributed by atoms with Crippen molar-refractivity contribution in [1.82, 2.24) is 10.6 Å². The number of nitrogens with two attached hydrogens (primary N) is 1. The van der Waals surface area contributed by atoms with Crippen molar-refractivity contribution in [3.05, 3.63) is 70.3 Å². The maximum Gasteiger partial charge on any atom is 0.251 e. The summed E-state index contributed by atoms with van der Waals surface area (Å²) in [6, 6.07) is 12.2. The molecule has 0 heterocycles. The lowest BCUT2D eigenvalue weighted by Gasteiger charge is -2.09. The van der Waals surface area contributed by atoms with Crippen LogP contribution in [0.1, 0.15) is 37.4 Å². The zero-order valence-electron chi connectivity index (χ0n) is 14.3. The Morgan fingerprint density at radius 1 is 0.920 bits per heavy atom. The predicted octanol–water partition coefficient (Wildman–Crippen LogP) is 1.45. The molecule has 25 heavy (non-hydrogen) atoms. The molecule has 0 saturated carbocycles. The van der Waals surface area contributed by atoms with Crippen molar-refractivity contribution < 1.29 is 14.4 Å². The molecule has 6 nitrogen and oxygen atoms in total. The summed E-state index contributed by atoms with van der Waals surface area (Å²) in [7, 11) is 0. The van der Waals surface area contributed by atoms with E-state index in [0.29, 0.717) is 11.1 Å².